The number of allylic oxidation sites excluding steroid dienone is 2. The summed E-state index contributed by atoms with van der Waals surface area (Å²) in [5.74, 6) is -8.36. The number of nitrogens with one attached hydrogen (secondary N) is 4. The van der Waals surface area contributed by atoms with Crippen LogP contribution in [0.15, 0.2) is 137 Å². The molecule has 9 rings (SSSR count). The van der Waals surface area contributed by atoms with Gasteiger partial charge in [0, 0.05) is 71.0 Å². The number of ketones is 2. The summed E-state index contributed by atoms with van der Waals surface area (Å²) in [5, 5.41) is 31.2. The highest BCUT2D eigenvalue weighted by Crippen LogP contribution is 2.29. The first-order valence-electron chi connectivity index (χ1n) is 32.8. The van der Waals surface area contributed by atoms with Gasteiger partial charge >= 0.3 is 11.9 Å². The summed E-state index contributed by atoms with van der Waals surface area (Å²) in [7, 11) is 1.47. The molecule has 27 nitrogen and oxygen atoms in total. The molecule has 5 aliphatic heterocycles. The number of carbonyl (C=O) groups excluding carboxylic acids is 12. The van der Waals surface area contributed by atoms with E-state index in [1.54, 1.807) is 98.8 Å². The van der Waals surface area contributed by atoms with Gasteiger partial charge in [-0.05, 0) is 74.8 Å². The van der Waals surface area contributed by atoms with Gasteiger partial charge in [-0.2, -0.15) is 0 Å². The fourth-order valence-corrected chi connectivity index (χ4v) is 12.2. The number of cyclic esters (lactones) is 2. The minimum atomic E-state index is -1.68. The molecule has 0 spiro atoms. The summed E-state index contributed by atoms with van der Waals surface area (Å²) in [4.78, 5) is 177. The number of aliphatic hydroxyl groups is 1. The zero-order chi connectivity index (χ0) is 70.9. The number of nitrogens with zero attached hydrogens (tertiary/aromatic N) is 6. The second-order valence-electron chi connectivity index (χ2n) is 25.0. The lowest BCUT2D eigenvalue weighted by Gasteiger charge is -2.40. The van der Waals surface area contributed by atoms with Crippen LogP contribution in [0, 0.1) is 11.8 Å². The van der Waals surface area contributed by atoms with Crippen molar-refractivity contribution < 1.29 is 81.6 Å². The lowest BCUT2D eigenvalue weighted by Crippen LogP contribution is -2.61. The second-order valence-corrected chi connectivity index (χ2v) is 25.0. The van der Waals surface area contributed by atoms with E-state index in [1.165, 1.54) is 58.0 Å². The molecular formula is C71H84N10O17. The van der Waals surface area contributed by atoms with Gasteiger partial charge in [-0.25, -0.2) is 19.6 Å². The molecule has 10 atom stereocenters. The fraction of sp³-hybridized carbons (Fsp3) is 0.437. The minimum Gasteiger partial charge on any atom is -0.505 e. The number of benzene rings is 2. The third-order valence-corrected chi connectivity index (χ3v) is 17.4. The Kier molecular flexibility index (Phi) is 25.4. The molecule has 520 valence electrons. The zero-order valence-corrected chi connectivity index (χ0v) is 55.8. The van der Waals surface area contributed by atoms with Gasteiger partial charge in [-0.3, -0.25) is 47.9 Å². The van der Waals surface area contributed by atoms with Crippen molar-refractivity contribution in [3.8, 4) is 5.75 Å². The number of carbonyl (C=O) groups is 12. The van der Waals surface area contributed by atoms with E-state index in [9.17, 15) is 67.7 Å². The number of aromatic hydroxyl groups is 1. The molecule has 98 heavy (non-hydrogen) atoms. The van der Waals surface area contributed by atoms with Crippen LogP contribution in [0.4, 0.5) is 0 Å². The first-order valence-corrected chi connectivity index (χ1v) is 32.8. The molecule has 2 aromatic heterocycles. The van der Waals surface area contributed by atoms with Crippen LogP contribution in [0.1, 0.15) is 131 Å². The van der Waals surface area contributed by atoms with Crippen molar-refractivity contribution >= 4 is 70.8 Å². The topological polar surface area (TPSA) is 364 Å². The molecule has 0 radical (unpaired) electrons. The highest BCUT2D eigenvalue weighted by atomic mass is 16.6. The number of aromatic nitrogens is 2. The van der Waals surface area contributed by atoms with Crippen LogP contribution >= 0.6 is 0 Å². The fourth-order valence-electron chi connectivity index (χ4n) is 12.2. The van der Waals surface area contributed by atoms with E-state index in [-0.39, 0.29) is 123 Å². The number of amides is 8. The Morgan fingerprint density at radius 1 is 0.806 bits per heavy atom. The van der Waals surface area contributed by atoms with Crippen LogP contribution in [0.2, 0.25) is 0 Å². The number of likely N-dealkylation sites (N-methyl/N-ethyl adjacent to an activating group) is 1. The van der Waals surface area contributed by atoms with E-state index < -0.39 is 119 Å². The number of oxazole rings is 1. The number of Topliss-reactive ketones (excluding diaryl/α,β-unsaturated/α-hetero) is 2. The van der Waals surface area contributed by atoms with Gasteiger partial charge in [0.2, 0.25) is 41.3 Å². The Labute approximate surface area is 567 Å². The van der Waals surface area contributed by atoms with Crippen LogP contribution in [-0.2, 0) is 70.3 Å². The Bertz CT molecular complexity index is 3750. The van der Waals surface area contributed by atoms with E-state index in [0.29, 0.717) is 12.8 Å². The molecule has 3 fully saturated rings. The van der Waals surface area contributed by atoms with Gasteiger partial charge in [0.1, 0.15) is 71.7 Å². The molecule has 4 aromatic rings. The standard InChI is InChI=1S/C43H49N7O10.C28H35N3O7/c1-4-29-40(56)49-21-12-17-30(49)41(57)48(3)32(23-26-13-7-5-8-14-26)42(58)50-22-19-28(51)24-31(50)37(53)47-35(27-15-9-6-10-16-27)43(59)60-25(2)34(38(54)45-29)46-39(55)36-33(52)18-11-20-44-36;1-17(2)26-19(4)9-10-24(34)29-11-5-7-18(3)13-20(32)14-21(33)15-25-30-22(16-37-25)27(35)31-12-6-8-23(31)28(36)38-26/h5-11,13-16,18,20,25,29-32,34-35,52H,4,12,17,19,21-24H2,1-3H3,(H,45,54)(H,46,55)(H,47,53);5,7-10,13,16-17,19-20,26,32H,6,11-12,14-15H2,1-4H3,(H,29,34)/b;7-5-,10-9?,18-13-/t25-,29-,30+,31+,32?,34+,35+;19-,20-,26-/m11/s1. The van der Waals surface area contributed by atoms with Crippen LogP contribution in [0.3, 0.4) is 0 Å². The van der Waals surface area contributed by atoms with Gasteiger partial charge in [0.05, 0.1) is 12.5 Å². The smallest absolute Gasteiger partial charge is 0.355 e. The Morgan fingerprint density at radius 2 is 1.52 bits per heavy atom. The second kappa shape index (κ2) is 34.0. The predicted molar refractivity (Wildman–Crippen MR) is 352 cm³/mol. The van der Waals surface area contributed by atoms with Crippen LogP contribution < -0.4 is 21.3 Å². The summed E-state index contributed by atoms with van der Waals surface area (Å²) in [5.41, 5.74) is 1.37. The third kappa shape index (κ3) is 18.8. The molecule has 8 amide bonds. The van der Waals surface area contributed by atoms with Crippen molar-refractivity contribution in [3.05, 3.63) is 161 Å². The van der Waals surface area contributed by atoms with E-state index in [0.717, 1.165) is 17.4 Å². The number of hydrogen-bond acceptors (Lipinski definition) is 19. The van der Waals surface area contributed by atoms with E-state index in [2.05, 4.69) is 31.2 Å². The number of fused-ring (bicyclic) bond motifs is 5. The molecule has 7 heterocycles. The molecule has 27 heteroatoms. The summed E-state index contributed by atoms with van der Waals surface area (Å²) in [6, 6.07) is 11.7. The number of esters is 2. The van der Waals surface area contributed by atoms with Crippen LogP contribution in [0.25, 0.3) is 0 Å². The molecule has 2 bridgehead atoms. The van der Waals surface area contributed by atoms with Gasteiger partial charge in [0.25, 0.3) is 11.8 Å². The molecule has 3 saturated heterocycles. The first kappa shape index (κ1) is 73.4. The number of rotatable bonds is 7. The first-order chi connectivity index (χ1) is 46.8. The number of piperidine rings is 1. The minimum absolute atomic E-state index is 0.0315. The maximum absolute atomic E-state index is 14.8. The van der Waals surface area contributed by atoms with Gasteiger partial charge in [-0.15, -0.1) is 0 Å². The van der Waals surface area contributed by atoms with Crippen molar-refractivity contribution in [2.45, 2.75) is 154 Å². The largest absolute Gasteiger partial charge is 0.505 e. The SMILES string of the molecule is CC1=C/[C@@H](O)CC(=O)Cc2nc(co2)C(=O)N2CCC=C2C(=O)O[C@H](C(C)C)[C@H](C)C=CC(=O)NC/C=C\1.CC[C@H]1NC(=O)[C@@H](NC(=O)c2ncccc2O)[C@@H](C)OC(=O)[C@H](c2ccccc2)NC(=O)[C@@H]2CC(=O)CCN2C(=O)C(Cc2ccccc2)N(C)C(=O)[C@@H]2CCCN2C1=O. The molecule has 2 aromatic carbocycles. The lowest BCUT2D eigenvalue weighted by atomic mass is 9.94. The molecule has 5 aliphatic rings. The number of hydrogen-bond donors (Lipinski definition) is 6. The van der Waals surface area contributed by atoms with E-state index in [1.807, 2.05) is 26.8 Å². The third-order valence-electron chi connectivity index (χ3n) is 17.4. The summed E-state index contributed by atoms with van der Waals surface area (Å²) in [6.07, 6.45) is 9.72. The van der Waals surface area contributed by atoms with Crippen molar-refractivity contribution in [2.75, 3.05) is 33.2 Å². The normalized spacial score (nSPS) is 26.4. The van der Waals surface area contributed by atoms with Crippen LogP contribution in [0.5, 0.6) is 5.75 Å². The lowest BCUT2D eigenvalue weighted by molar-refractivity contribution is -0.157. The highest BCUT2D eigenvalue weighted by molar-refractivity contribution is 6.02. The maximum Gasteiger partial charge on any atom is 0.355 e. The number of aliphatic hydroxyl groups excluding tert-OH is 1. The Morgan fingerprint density at radius 3 is 2.22 bits per heavy atom. The highest BCUT2D eigenvalue weighted by Gasteiger charge is 2.46. The molecule has 6 N–H and O–H groups in total. The molecule has 0 saturated carbocycles. The maximum atomic E-state index is 14.8. The van der Waals surface area contributed by atoms with Gasteiger partial charge in [-0.1, -0.05) is 124 Å². The van der Waals surface area contributed by atoms with Crippen molar-refractivity contribution in [1.29, 1.82) is 0 Å². The summed E-state index contributed by atoms with van der Waals surface area (Å²) < 4.78 is 17.0. The van der Waals surface area contributed by atoms with Crippen LogP contribution in [-0.4, -0.2) is 192 Å². The average Bonchev–Trinajstić information content (AvgIpc) is 1.08. The monoisotopic (exact) mass is 1350 g/mol. The summed E-state index contributed by atoms with van der Waals surface area (Å²) in [6.45, 7) is 11.0. The quantitative estimate of drug-likeness (QED) is 0.143. The molecular weight excluding hydrogens is 1260 g/mol. The van der Waals surface area contributed by atoms with Gasteiger partial charge in [0.15, 0.2) is 17.4 Å². The van der Waals surface area contributed by atoms with Crippen molar-refractivity contribution in [2.24, 2.45) is 11.8 Å². The van der Waals surface area contributed by atoms with Gasteiger partial charge < -0.3 is 65.0 Å². The van der Waals surface area contributed by atoms with E-state index in [4.69, 9.17) is 13.9 Å². The molecule has 0 aliphatic carbocycles. The predicted octanol–water partition coefficient (Wildman–Crippen LogP) is 3.86. The van der Waals surface area contributed by atoms with Crippen molar-refractivity contribution in [1.82, 2.24) is 50.8 Å². The van der Waals surface area contributed by atoms with Crippen molar-refractivity contribution in [3.63, 3.8) is 0 Å². The summed E-state index contributed by atoms with van der Waals surface area (Å²) >= 11 is 0. The Hall–Kier alpha value is -10.4. The zero-order valence-electron chi connectivity index (χ0n) is 55.8. The number of pyridine rings is 1. The Balaban J connectivity index is 0.000000277. The molecule has 1 unspecified atom stereocenters. The average molecular weight is 1350 g/mol. The van der Waals surface area contributed by atoms with E-state index >= 15 is 0 Å². The number of ether oxygens (including phenoxy) is 2.